The van der Waals surface area contributed by atoms with Crippen molar-refractivity contribution in [1.82, 2.24) is 10.2 Å². The molecular weight excluding hydrogens is 304 g/mol. The summed E-state index contributed by atoms with van der Waals surface area (Å²) in [6.45, 7) is 5.59. The number of aryl methyl sites for hydroxylation is 1. The van der Waals surface area contributed by atoms with E-state index in [2.05, 4.69) is 52.2 Å². The molecule has 2 fully saturated rings. The van der Waals surface area contributed by atoms with E-state index in [9.17, 15) is 0 Å². The molecular formula is C18H24N4S. The van der Waals surface area contributed by atoms with Gasteiger partial charge < -0.3 is 10.7 Å². The van der Waals surface area contributed by atoms with Crippen molar-refractivity contribution in [2.45, 2.75) is 31.8 Å². The lowest BCUT2D eigenvalue weighted by atomic mass is 10.0. The number of anilines is 1. The number of thiophene rings is 1. The van der Waals surface area contributed by atoms with Gasteiger partial charge in [0, 0.05) is 28.4 Å². The van der Waals surface area contributed by atoms with Gasteiger partial charge in [0.05, 0.1) is 11.7 Å². The van der Waals surface area contributed by atoms with Gasteiger partial charge in [0.25, 0.3) is 0 Å². The van der Waals surface area contributed by atoms with Crippen molar-refractivity contribution >= 4 is 17.0 Å². The molecule has 122 valence electrons. The van der Waals surface area contributed by atoms with Gasteiger partial charge >= 0.3 is 0 Å². The number of nitrogens with two attached hydrogens (primary N) is 1. The molecule has 2 aliphatic rings. The van der Waals surface area contributed by atoms with Crippen LogP contribution in [0.2, 0.25) is 0 Å². The van der Waals surface area contributed by atoms with Crippen molar-refractivity contribution < 1.29 is 0 Å². The maximum Gasteiger partial charge on any atom is 0.0720 e. The predicted molar refractivity (Wildman–Crippen MR) is 97.6 cm³/mol. The van der Waals surface area contributed by atoms with Crippen molar-refractivity contribution in [2.75, 3.05) is 25.1 Å². The molecule has 0 radical (unpaired) electrons. The number of rotatable bonds is 4. The first kappa shape index (κ1) is 15.1. The summed E-state index contributed by atoms with van der Waals surface area (Å²) in [4.78, 5) is 4.02. The van der Waals surface area contributed by atoms with Gasteiger partial charge in [-0.05, 0) is 38.4 Å². The molecule has 1 aromatic carbocycles. The predicted octanol–water partition coefficient (Wildman–Crippen LogP) is 3.12. The molecule has 3 heterocycles. The van der Waals surface area contributed by atoms with Crippen molar-refractivity contribution in [3.8, 4) is 11.1 Å². The zero-order valence-corrected chi connectivity index (χ0v) is 14.3. The molecule has 2 aromatic rings. The lowest BCUT2D eigenvalue weighted by molar-refractivity contribution is 0.294. The molecule has 0 saturated carbocycles. The summed E-state index contributed by atoms with van der Waals surface area (Å²) in [5.74, 6) is 5.88. The van der Waals surface area contributed by atoms with Gasteiger partial charge in [-0.2, -0.15) is 0 Å². The van der Waals surface area contributed by atoms with Gasteiger partial charge in [-0.3, -0.25) is 10.7 Å². The molecule has 2 saturated heterocycles. The third-order valence-electron chi connectivity index (χ3n) is 5.06. The van der Waals surface area contributed by atoms with E-state index in [-0.39, 0.29) is 0 Å². The first-order valence-electron chi connectivity index (χ1n) is 8.39. The van der Waals surface area contributed by atoms with E-state index in [0.717, 1.165) is 24.8 Å². The van der Waals surface area contributed by atoms with E-state index in [1.165, 1.54) is 41.0 Å². The molecule has 2 atom stereocenters. The highest BCUT2D eigenvalue weighted by Gasteiger charge is 2.43. The number of benzene rings is 1. The molecule has 0 bridgehead atoms. The molecule has 0 amide bonds. The zero-order chi connectivity index (χ0) is 15.8. The van der Waals surface area contributed by atoms with Gasteiger partial charge in [0.1, 0.15) is 0 Å². The number of hydrogen-bond donors (Lipinski definition) is 3. The summed E-state index contributed by atoms with van der Waals surface area (Å²) in [5.41, 5.74) is 7.83. The van der Waals surface area contributed by atoms with E-state index < -0.39 is 0 Å². The van der Waals surface area contributed by atoms with Crippen LogP contribution >= 0.6 is 11.3 Å². The molecule has 23 heavy (non-hydrogen) atoms. The smallest absolute Gasteiger partial charge is 0.0720 e. The molecule has 0 aliphatic carbocycles. The number of hydrogen-bond acceptors (Lipinski definition) is 5. The monoisotopic (exact) mass is 328 g/mol. The van der Waals surface area contributed by atoms with E-state index >= 15 is 0 Å². The Morgan fingerprint density at radius 2 is 1.96 bits per heavy atom. The molecule has 0 spiro atoms. The second kappa shape index (κ2) is 6.24. The summed E-state index contributed by atoms with van der Waals surface area (Å²) in [5, 5.41) is 5.69. The second-order valence-electron chi connectivity index (χ2n) is 6.59. The van der Waals surface area contributed by atoms with Crippen LogP contribution in [0.25, 0.3) is 11.1 Å². The third-order valence-corrected chi connectivity index (χ3v) is 6.14. The average molecular weight is 328 g/mol. The third kappa shape index (κ3) is 2.90. The minimum Gasteiger partial charge on any atom is -0.322 e. The Morgan fingerprint density at radius 1 is 1.22 bits per heavy atom. The van der Waals surface area contributed by atoms with Crippen LogP contribution in [0.15, 0.2) is 29.6 Å². The first-order chi connectivity index (χ1) is 11.3. The fourth-order valence-corrected chi connectivity index (χ4v) is 4.79. The lowest BCUT2D eigenvalue weighted by Gasteiger charge is -2.24. The molecule has 5 heteroatoms. The van der Waals surface area contributed by atoms with Crippen molar-refractivity contribution in [3.63, 3.8) is 0 Å². The van der Waals surface area contributed by atoms with Crippen LogP contribution in [0.5, 0.6) is 0 Å². The second-order valence-corrected chi connectivity index (χ2v) is 7.50. The highest BCUT2D eigenvalue weighted by Crippen LogP contribution is 2.48. The molecule has 2 unspecified atom stereocenters. The SMILES string of the molecule is Cc1ccc(-c2csc(C3CN3C3CCNCC3)c2NN)cc1. The number of hydrazine groups is 1. The Bertz CT molecular complexity index is 673. The maximum atomic E-state index is 5.88. The molecule has 4 nitrogen and oxygen atoms in total. The van der Waals surface area contributed by atoms with Crippen LogP contribution < -0.4 is 16.6 Å². The van der Waals surface area contributed by atoms with Crippen LogP contribution in [0.3, 0.4) is 0 Å². The maximum absolute atomic E-state index is 5.88. The molecule has 2 aliphatic heterocycles. The fourth-order valence-electron chi connectivity index (χ4n) is 3.64. The number of nitrogens with zero attached hydrogens (tertiary/aromatic N) is 1. The Balaban J connectivity index is 1.57. The number of nitrogen functional groups attached to an aromatic ring is 1. The minimum atomic E-state index is 0.549. The molecule has 1 aromatic heterocycles. The van der Waals surface area contributed by atoms with Crippen molar-refractivity contribution in [2.24, 2.45) is 5.84 Å². The Labute approximate surface area is 141 Å². The van der Waals surface area contributed by atoms with Gasteiger partial charge in [0.2, 0.25) is 0 Å². The zero-order valence-electron chi connectivity index (χ0n) is 13.5. The van der Waals surface area contributed by atoms with Gasteiger partial charge in [-0.1, -0.05) is 29.8 Å². The van der Waals surface area contributed by atoms with Crippen LogP contribution in [0.4, 0.5) is 5.69 Å². The quantitative estimate of drug-likeness (QED) is 0.458. The standard InChI is InChI=1S/C18H24N4S/c1-12-2-4-13(5-3-12)15-11-23-18(17(15)21-19)16-10-22(16)14-6-8-20-9-7-14/h2-5,11,14,16,20-21H,6-10,19H2,1H3. The summed E-state index contributed by atoms with van der Waals surface area (Å²) >= 11 is 1.84. The lowest BCUT2D eigenvalue weighted by Crippen LogP contribution is -2.35. The fraction of sp³-hybridized carbons (Fsp3) is 0.444. The Hall–Kier alpha value is -1.40. The van der Waals surface area contributed by atoms with Crippen molar-refractivity contribution in [3.05, 3.63) is 40.1 Å². The van der Waals surface area contributed by atoms with Gasteiger partial charge in [0.15, 0.2) is 0 Å². The topological polar surface area (TPSA) is 53.1 Å². The van der Waals surface area contributed by atoms with E-state index in [1.54, 1.807) is 0 Å². The Morgan fingerprint density at radius 3 is 2.65 bits per heavy atom. The minimum absolute atomic E-state index is 0.549. The van der Waals surface area contributed by atoms with E-state index in [0.29, 0.717) is 6.04 Å². The number of piperidine rings is 1. The van der Waals surface area contributed by atoms with E-state index in [4.69, 9.17) is 5.84 Å². The molecule has 4 N–H and O–H groups in total. The van der Waals surface area contributed by atoms with Crippen LogP contribution in [-0.2, 0) is 0 Å². The number of nitrogens with one attached hydrogen (secondary N) is 2. The Kier molecular flexibility index (Phi) is 4.11. The first-order valence-corrected chi connectivity index (χ1v) is 9.27. The van der Waals surface area contributed by atoms with Gasteiger partial charge in [-0.15, -0.1) is 11.3 Å². The van der Waals surface area contributed by atoms with Crippen molar-refractivity contribution in [1.29, 1.82) is 0 Å². The highest BCUT2D eigenvalue weighted by atomic mass is 32.1. The van der Waals surface area contributed by atoms with Crippen LogP contribution in [-0.4, -0.2) is 30.6 Å². The average Bonchev–Trinajstić information content (AvgIpc) is 3.28. The largest absolute Gasteiger partial charge is 0.322 e. The summed E-state index contributed by atoms with van der Waals surface area (Å²) in [6.07, 6.45) is 2.52. The summed E-state index contributed by atoms with van der Waals surface area (Å²) in [6, 6.07) is 9.96. The van der Waals surface area contributed by atoms with E-state index in [1.807, 2.05) is 11.3 Å². The summed E-state index contributed by atoms with van der Waals surface area (Å²) in [7, 11) is 0. The van der Waals surface area contributed by atoms with Crippen LogP contribution in [0, 0.1) is 6.92 Å². The van der Waals surface area contributed by atoms with Gasteiger partial charge in [-0.25, -0.2) is 0 Å². The van der Waals surface area contributed by atoms with Crippen LogP contribution in [0.1, 0.15) is 29.3 Å². The highest BCUT2D eigenvalue weighted by molar-refractivity contribution is 7.11. The molecule has 4 rings (SSSR count). The summed E-state index contributed by atoms with van der Waals surface area (Å²) < 4.78 is 0. The normalized spacial score (nSPS) is 24.6.